The van der Waals surface area contributed by atoms with Crippen LogP contribution in [0.5, 0.6) is 0 Å². The standard InChI is InChI=1S/C16H11ClF2N2O5/c1-8(15(22)20-13-7-10(18)3-5-12(13)19)26-16(23)11-4-2-9(17)6-14(11)21(24)25/h2-8H,1H3,(H,20,22). The Hall–Kier alpha value is -3.07. The smallest absolute Gasteiger partial charge is 0.345 e. The Balaban J connectivity index is 2.13. The molecule has 0 heterocycles. The van der Waals surface area contributed by atoms with E-state index in [0.717, 1.165) is 30.3 Å². The van der Waals surface area contributed by atoms with Crippen LogP contribution in [0.4, 0.5) is 20.2 Å². The quantitative estimate of drug-likeness (QED) is 0.481. The van der Waals surface area contributed by atoms with E-state index in [2.05, 4.69) is 5.32 Å². The summed E-state index contributed by atoms with van der Waals surface area (Å²) in [5, 5.41) is 13.1. The topological polar surface area (TPSA) is 98.5 Å². The zero-order valence-electron chi connectivity index (χ0n) is 13.2. The number of carbonyl (C=O) groups is 2. The van der Waals surface area contributed by atoms with Gasteiger partial charge in [0, 0.05) is 17.2 Å². The predicted molar refractivity (Wildman–Crippen MR) is 88.0 cm³/mol. The summed E-state index contributed by atoms with van der Waals surface area (Å²) in [6.07, 6.45) is -1.43. The second kappa shape index (κ2) is 7.87. The minimum Gasteiger partial charge on any atom is -0.449 e. The van der Waals surface area contributed by atoms with Gasteiger partial charge in [-0.05, 0) is 31.2 Å². The number of rotatable bonds is 5. The first-order valence-corrected chi connectivity index (χ1v) is 7.47. The van der Waals surface area contributed by atoms with Crippen molar-refractivity contribution in [3.8, 4) is 0 Å². The zero-order chi connectivity index (χ0) is 19.4. The van der Waals surface area contributed by atoms with E-state index < -0.39 is 51.5 Å². The van der Waals surface area contributed by atoms with Crippen molar-refractivity contribution < 1.29 is 28.0 Å². The number of anilines is 1. The average Bonchev–Trinajstić information content (AvgIpc) is 2.57. The number of ether oxygens (including phenoxy) is 1. The van der Waals surface area contributed by atoms with E-state index >= 15 is 0 Å². The molecule has 1 atom stereocenters. The van der Waals surface area contributed by atoms with Crippen molar-refractivity contribution in [3.63, 3.8) is 0 Å². The van der Waals surface area contributed by atoms with E-state index in [1.807, 2.05) is 0 Å². The summed E-state index contributed by atoms with van der Waals surface area (Å²) in [5.41, 5.74) is -1.43. The van der Waals surface area contributed by atoms with Gasteiger partial charge in [-0.25, -0.2) is 13.6 Å². The molecule has 1 amide bonds. The number of esters is 1. The fourth-order valence-electron chi connectivity index (χ4n) is 1.93. The fourth-order valence-corrected chi connectivity index (χ4v) is 2.10. The monoisotopic (exact) mass is 384 g/mol. The number of nitrogens with zero attached hydrogens (tertiary/aromatic N) is 1. The largest absolute Gasteiger partial charge is 0.449 e. The number of hydrogen-bond donors (Lipinski definition) is 1. The fraction of sp³-hybridized carbons (Fsp3) is 0.125. The third kappa shape index (κ3) is 4.51. The molecule has 0 aromatic heterocycles. The van der Waals surface area contributed by atoms with Crippen molar-refractivity contribution in [1.29, 1.82) is 0 Å². The van der Waals surface area contributed by atoms with Gasteiger partial charge in [0.15, 0.2) is 6.10 Å². The van der Waals surface area contributed by atoms with Gasteiger partial charge in [-0.3, -0.25) is 14.9 Å². The normalized spacial score (nSPS) is 11.5. The highest BCUT2D eigenvalue weighted by atomic mass is 35.5. The molecule has 0 fully saturated rings. The highest BCUT2D eigenvalue weighted by molar-refractivity contribution is 6.31. The molecule has 0 saturated heterocycles. The lowest BCUT2D eigenvalue weighted by atomic mass is 10.2. The molecule has 0 aliphatic heterocycles. The van der Waals surface area contributed by atoms with E-state index in [-0.39, 0.29) is 5.02 Å². The Morgan fingerprint density at radius 2 is 1.92 bits per heavy atom. The first kappa shape index (κ1) is 19.3. The van der Waals surface area contributed by atoms with Crippen molar-refractivity contribution in [1.82, 2.24) is 0 Å². The van der Waals surface area contributed by atoms with Crippen LogP contribution in [-0.4, -0.2) is 22.9 Å². The maximum absolute atomic E-state index is 13.5. The molecule has 1 unspecified atom stereocenters. The van der Waals surface area contributed by atoms with Gasteiger partial charge in [0.2, 0.25) is 0 Å². The van der Waals surface area contributed by atoms with Crippen molar-refractivity contribution in [2.45, 2.75) is 13.0 Å². The minimum absolute atomic E-state index is 0.0422. The number of hydrogen-bond acceptors (Lipinski definition) is 5. The van der Waals surface area contributed by atoms with Crippen LogP contribution >= 0.6 is 11.6 Å². The average molecular weight is 385 g/mol. The zero-order valence-corrected chi connectivity index (χ0v) is 13.9. The van der Waals surface area contributed by atoms with E-state index in [0.29, 0.717) is 0 Å². The van der Waals surface area contributed by atoms with Crippen LogP contribution in [0.3, 0.4) is 0 Å². The molecular formula is C16H11ClF2N2O5. The van der Waals surface area contributed by atoms with Crippen LogP contribution in [-0.2, 0) is 9.53 Å². The van der Waals surface area contributed by atoms with Crippen LogP contribution in [0.15, 0.2) is 36.4 Å². The molecule has 1 N–H and O–H groups in total. The molecule has 0 radical (unpaired) electrons. The molecule has 136 valence electrons. The molecule has 7 nitrogen and oxygen atoms in total. The van der Waals surface area contributed by atoms with E-state index in [1.165, 1.54) is 13.0 Å². The van der Waals surface area contributed by atoms with Gasteiger partial charge in [-0.2, -0.15) is 0 Å². The first-order valence-electron chi connectivity index (χ1n) is 7.10. The highest BCUT2D eigenvalue weighted by Crippen LogP contribution is 2.24. The molecule has 0 aliphatic rings. The molecule has 2 aromatic rings. The summed E-state index contributed by atoms with van der Waals surface area (Å²) in [6, 6.07) is 5.74. The van der Waals surface area contributed by atoms with Gasteiger partial charge < -0.3 is 10.1 Å². The van der Waals surface area contributed by atoms with Gasteiger partial charge in [-0.1, -0.05) is 11.6 Å². The number of benzene rings is 2. The lowest BCUT2D eigenvalue weighted by Crippen LogP contribution is -2.30. The highest BCUT2D eigenvalue weighted by Gasteiger charge is 2.26. The maximum atomic E-state index is 13.5. The maximum Gasteiger partial charge on any atom is 0.345 e. The molecular weight excluding hydrogens is 374 g/mol. The van der Waals surface area contributed by atoms with E-state index in [1.54, 1.807) is 0 Å². The van der Waals surface area contributed by atoms with E-state index in [9.17, 15) is 28.5 Å². The van der Waals surface area contributed by atoms with E-state index in [4.69, 9.17) is 16.3 Å². The van der Waals surface area contributed by atoms with Crippen LogP contribution < -0.4 is 5.32 Å². The van der Waals surface area contributed by atoms with Gasteiger partial charge in [0.25, 0.3) is 11.6 Å². The molecule has 26 heavy (non-hydrogen) atoms. The van der Waals surface area contributed by atoms with Crippen molar-refractivity contribution in [2.75, 3.05) is 5.32 Å². The van der Waals surface area contributed by atoms with Gasteiger partial charge in [0.1, 0.15) is 17.2 Å². The number of amides is 1. The number of carbonyl (C=O) groups excluding carboxylic acids is 2. The molecule has 0 bridgehead atoms. The Kier molecular flexibility index (Phi) is 5.83. The van der Waals surface area contributed by atoms with Crippen LogP contribution in [0.1, 0.15) is 17.3 Å². The van der Waals surface area contributed by atoms with Crippen LogP contribution in [0, 0.1) is 21.7 Å². The molecule has 2 rings (SSSR count). The van der Waals surface area contributed by atoms with Crippen molar-refractivity contribution in [3.05, 3.63) is 68.7 Å². The van der Waals surface area contributed by atoms with Gasteiger partial charge >= 0.3 is 5.97 Å². The third-order valence-corrected chi connectivity index (χ3v) is 3.45. The molecule has 0 saturated carbocycles. The van der Waals surface area contributed by atoms with Gasteiger partial charge in [0.05, 0.1) is 10.6 Å². The lowest BCUT2D eigenvalue weighted by Gasteiger charge is -2.14. The number of nitro benzene ring substituents is 1. The summed E-state index contributed by atoms with van der Waals surface area (Å²) in [7, 11) is 0. The predicted octanol–water partition coefficient (Wildman–Crippen LogP) is 3.71. The number of nitro groups is 1. The summed E-state index contributed by atoms with van der Waals surface area (Å²) in [6.45, 7) is 1.17. The Labute approximate surface area is 150 Å². The summed E-state index contributed by atoms with van der Waals surface area (Å²) < 4.78 is 31.5. The third-order valence-electron chi connectivity index (χ3n) is 3.22. The molecule has 0 aliphatic carbocycles. The lowest BCUT2D eigenvalue weighted by molar-refractivity contribution is -0.385. The Morgan fingerprint density at radius 3 is 2.58 bits per heavy atom. The first-order chi connectivity index (χ1) is 12.2. The van der Waals surface area contributed by atoms with Crippen LogP contribution in [0.25, 0.3) is 0 Å². The number of halogens is 3. The Morgan fingerprint density at radius 1 is 1.23 bits per heavy atom. The Bertz CT molecular complexity index is 891. The minimum atomic E-state index is -1.43. The second-order valence-corrected chi connectivity index (χ2v) is 5.52. The van der Waals surface area contributed by atoms with Crippen molar-refractivity contribution in [2.24, 2.45) is 0 Å². The van der Waals surface area contributed by atoms with Crippen molar-refractivity contribution >= 4 is 34.9 Å². The summed E-state index contributed by atoms with van der Waals surface area (Å²) >= 11 is 5.65. The SMILES string of the molecule is CC(OC(=O)c1ccc(Cl)cc1[N+](=O)[O-])C(=O)Nc1cc(F)ccc1F. The summed E-state index contributed by atoms with van der Waals surface area (Å²) in [5.74, 6) is -3.75. The number of nitrogens with one attached hydrogen (secondary N) is 1. The molecule has 0 spiro atoms. The molecule has 10 heteroatoms. The summed E-state index contributed by atoms with van der Waals surface area (Å²) in [4.78, 5) is 34.2. The molecule has 2 aromatic carbocycles. The van der Waals surface area contributed by atoms with Gasteiger partial charge in [-0.15, -0.1) is 0 Å². The van der Waals surface area contributed by atoms with Crippen LogP contribution in [0.2, 0.25) is 5.02 Å². The second-order valence-electron chi connectivity index (χ2n) is 5.08.